The Morgan fingerprint density at radius 3 is 2.09 bits per heavy atom. The van der Waals surface area contributed by atoms with Crippen molar-refractivity contribution in [3.05, 3.63) is 60.2 Å². The van der Waals surface area contributed by atoms with E-state index in [1.165, 1.54) is 24.3 Å². The summed E-state index contributed by atoms with van der Waals surface area (Å²) in [5.41, 5.74) is -1.67. The van der Waals surface area contributed by atoms with E-state index in [4.69, 9.17) is 4.74 Å². The van der Waals surface area contributed by atoms with Gasteiger partial charge in [-0.25, -0.2) is 4.79 Å². The molecular weight excluding hydrogens is 435 g/mol. The highest BCUT2D eigenvalue weighted by Crippen LogP contribution is 2.46. The van der Waals surface area contributed by atoms with Crippen molar-refractivity contribution in [3.8, 4) is 0 Å². The van der Waals surface area contributed by atoms with Gasteiger partial charge in [-0.05, 0) is 63.6 Å². The highest BCUT2D eigenvalue weighted by Gasteiger charge is 2.62. The zero-order chi connectivity index (χ0) is 24.3. The molecule has 1 atom stereocenters. The first-order valence-electron chi connectivity index (χ1n) is 10.6. The normalized spacial score (nSPS) is 19.2. The minimum atomic E-state index is -4.69. The smallest absolute Gasteiger partial charge is 0.412 e. The van der Waals surface area contributed by atoms with E-state index in [0.717, 1.165) is 5.56 Å². The van der Waals surface area contributed by atoms with Crippen LogP contribution in [0.5, 0.6) is 0 Å². The van der Waals surface area contributed by atoms with Crippen LogP contribution < -0.4 is 10.6 Å². The summed E-state index contributed by atoms with van der Waals surface area (Å²) in [4.78, 5) is 26.3. The van der Waals surface area contributed by atoms with Crippen LogP contribution in [0.3, 0.4) is 0 Å². The SMILES string of the molecule is CC(C)(C)OC(=O)Nc1ccc(NC(=O)C2(C(F)(F)F)CCN(Cc3ccccc3)C2)cc1. The Balaban J connectivity index is 1.67. The number of rotatable bonds is 5. The number of benzene rings is 2. The van der Waals surface area contributed by atoms with Gasteiger partial charge in [0.15, 0.2) is 5.41 Å². The van der Waals surface area contributed by atoms with Crippen molar-refractivity contribution < 1.29 is 27.5 Å². The van der Waals surface area contributed by atoms with Gasteiger partial charge in [-0.1, -0.05) is 30.3 Å². The number of halogens is 3. The van der Waals surface area contributed by atoms with Gasteiger partial charge in [-0.15, -0.1) is 0 Å². The maximum Gasteiger partial charge on any atom is 0.412 e. The third-order valence-corrected chi connectivity index (χ3v) is 5.36. The second kappa shape index (κ2) is 9.43. The highest BCUT2D eigenvalue weighted by atomic mass is 19.4. The van der Waals surface area contributed by atoms with Gasteiger partial charge in [0, 0.05) is 24.5 Å². The van der Waals surface area contributed by atoms with E-state index in [-0.39, 0.29) is 18.7 Å². The van der Waals surface area contributed by atoms with Crippen molar-refractivity contribution in [3.63, 3.8) is 0 Å². The van der Waals surface area contributed by atoms with Gasteiger partial charge < -0.3 is 10.1 Å². The molecule has 0 radical (unpaired) electrons. The molecule has 2 aromatic rings. The average molecular weight is 464 g/mol. The van der Waals surface area contributed by atoms with Crippen molar-refractivity contribution in [1.82, 2.24) is 4.90 Å². The third kappa shape index (κ3) is 6.25. The van der Waals surface area contributed by atoms with Gasteiger partial charge in [0.25, 0.3) is 0 Å². The summed E-state index contributed by atoms with van der Waals surface area (Å²) in [6, 6.07) is 15.0. The van der Waals surface area contributed by atoms with E-state index in [1.54, 1.807) is 25.7 Å². The molecule has 2 N–H and O–H groups in total. The molecule has 1 fully saturated rings. The summed E-state index contributed by atoms with van der Waals surface area (Å²) < 4.78 is 47.4. The maximum absolute atomic E-state index is 14.1. The highest BCUT2D eigenvalue weighted by molar-refractivity contribution is 5.96. The monoisotopic (exact) mass is 463 g/mol. The standard InChI is InChI=1S/C24H28F3N3O3/c1-22(2,3)33-21(32)29-19-11-9-18(10-12-19)28-20(31)23(24(25,26)27)13-14-30(16-23)15-17-7-5-4-6-8-17/h4-12H,13-16H2,1-3H3,(H,28,31)(H,29,32). The number of amides is 2. The average Bonchev–Trinajstić information content (AvgIpc) is 3.14. The van der Waals surface area contributed by atoms with Crippen molar-refractivity contribution >= 4 is 23.4 Å². The van der Waals surface area contributed by atoms with Crippen LogP contribution in [0.1, 0.15) is 32.8 Å². The van der Waals surface area contributed by atoms with Gasteiger partial charge in [-0.3, -0.25) is 15.0 Å². The van der Waals surface area contributed by atoms with Crippen molar-refractivity contribution in [1.29, 1.82) is 0 Å². The molecule has 6 nitrogen and oxygen atoms in total. The molecule has 0 aliphatic carbocycles. The van der Waals surface area contributed by atoms with E-state index in [2.05, 4.69) is 10.6 Å². The number of nitrogens with one attached hydrogen (secondary N) is 2. The fourth-order valence-corrected chi connectivity index (χ4v) is 3.72. The number of hydrogen-bond acceptors (Lipinski definition) is 4. The van der Waals surface area contributed by atoms with Crippen LogP contribution >= 0.6 is 0 Å². The van der Waals surface area contributed by atoms with E-state index in [9.17, 15) is 22.8 Å². The van der Waals surface area contributed by atoms with E-state index in [1.807, 2.05) is 30.3 Å². The second-order valence-corrected chi connectivity index (χ2v) is 9.18. The number of carbonyl (C=O) groups excluding carboxylic acids is 2. The number of nitrogens with zero attached hydrogens (tertiary/aromatic N) is 1. The van der Waals surface area contributed by atoms with Crippen LogP contribution in [-0.4, -0.2) is 41.8 Å². The first-order chi connectivity index (χ1) is 15.4. The second-order valence-electron chi connectivity index (χ2n) is 9.18. The number of likely N-dealkylation sites (tertiary alicyclic amines) is 1. The summed E-state index contributed by atoms with van der Waals surface area (Å²) in [7, 11) is 0. The Bertz CT molecular complexity index is 972. The van der Waals surface area contributed by atoms with Crippen molar-refractivity contribution in [2.24, 2.45) is 5.41 Å². The Hall–Kier alpha value is -3.07. The quantitative estimate of drug-likeness (QED) is 0.621. The summed E-state index contributed by atoms with van der Waals surface area (Å²) in [6.45, 7) is 5.29. The minimum absolute atomic E-state index is 0.167. The molecule has 3 rings (SSSR count). The van der Waals surface area contributed by atoms with E-state index < -0.39 is 35.7 Å². The van der Waals surface area contributed by atoms with Crippen LogP contribution in [0.2, 0.25) is 0 Å². The lowest BCUT2D eigenvalue weighted by Crippen LogP contribution is -2.49. The van der Waals surface area contributed by atoms with Gasteiger partial charge in [0.1, 0.15) is 5.60 Å². The fraction of sp³-hybridized carbons (Fsp3) is 0.417. The van der Waals surface area contributed by atoms with Crippen LogP contribution in [-0.2, 0) is 16.1 Å². The lowest BCUT2D eigenvalue weighted by Gasteiger charge is -2.30. The van der Waals surface area contributed by atoms with Crippen LogP contribution in [0.25, 0.3) is 0 Å². The molecule has 9 heteroatoms. The van der Waals surface area contributed by atoms with E-state index in [0.29, 0.717) is 12.2 Å². The molecule has 0 spiro atoms. The minimum Gasteiger partial charge on any atom is -0.444 e. The van der Waals surface area contributed by atoms with Gasteiger partial charge >= 0.3 is 12.3 Å². The third-order valence-electron chi connectivity index (χ3n) is 5.36. The number of alkyl halides is 3. The summed E-state index contributed by atoms with van der Waals surface area (Å²) >= 11 is 0. The number of anilines is 2. The maximum atomic E-state index is 14.1. The molecule has 0 saturated carbocycles. The Morgan fingerprint density at radius 2 is 1.55 bits per heavy atom. The Morgan fingerprint density at radius 1 is 0.970 bits per heavy atom. The number of ether oxygens (including phenoxy) is 1. The van der Waals surface area contributed by atoms with Crippen LogP contribution in [0.4, 0.5) is 29.3 Å². The molecule has 1 heterocycles. The summed E-state index contributed by atoms with van der Waals surface area (Å²) in [5, 5.41) is 4.94. The predicted octanol–water partition coefficient (Wildman–Crippen LogP) is 5.43. The Labute approximate surface area is 191 Å². The summed E-state index contributed by atoms with van der Waals surface area (Å²) in [5.74, 6) is -1.08. The number of carbonyl (C=O) groups is 2. The van der Waals surface area contributed by atoms with Crippen LogP contribution in [0, 0.1) is 5.41 Å². The molecule has 0 bridgehead atoms. The van der Waals surface area contributed by atoms with Crippen molar-refractivity contribution in [2.45, 2.75) is 45.5 Å². The molecule has 178 valence electrons. The molecule has 0 aromatic heterocycles. The molecule has 1 unspecified atom stereocenters. The number of hydrogen-bond donors (Lipinski definition) is 2. The van der Waals surface area contributed by atoms with Gasteiger partial charge in [-0.2, -0.15) is 13.2 Å². The molecule has 33 heavy (non-hydrogen) atoms. The fourth-order valence-electron chi connectivity index (χ4n) is 3.72. The lowest BCUT2D eigenvalue weighted by atomic mass is 9.85. The first-order valence-corrected chi connectivity index (χ1v) is 10.6. The first kappa shape index (κ1) is 24.6. The molecule has 2 amide bonds. The molecular formula is C24H28F3N3O3. The molecule has 2 aromatic carbocycles. The van der Waals surface area contributed by atoms with E-state index >= 15 is 0 Å². The molecule has 1 aliphatic rings. The largest absolute Gasteiger partial charge is 0.444 e. The van der Waals surface area contributed by atoms with Crippen molar-refractivity contribution in [2.75, 3.05) is 23.7 Å². The molecule has 1 saturated heterocycles. The zero-order valence-electron chi connectivity index (χ0n) is 18.8. The topological polar surface area (TPSA) is 70.7 Å². The van der Waals surface area contributed by atoms with Gasteiger partial charge in [0.2, 0.25) is 5.91 Å². The van der Waals surface area contributed by atoms with Crippen LogP contribution in [0.15, 0.2) is 54.6 Å². The lowest BCUT2D eigenvalue weighted by molar-refractivity contribution is -0.215. The molecule has 1 aliphatic heterocycles. The Kier molecular flexibility index (Phi) is 7.02. The summed E-state index contributed by atoms with van der Waals surface area (Å²) in [6.07, 6.45) is -5.66. The zero-order valence-corrected chi connectivity index (χ0v) is 18.8. The predicted molar refractivity (Wildman–Crippen MR) is 120 cm³/mol. The van der Waals surface area contributed by atoms with Gasteiger partial charge in [0.05, 0.1) is 0 Å².